The van der Waals surface area contributed by atoms with Crippen molar-refractivity contribution in [2.75, 3.05) is 20.3 Å². The third-order valence-electron chi connectivity index (χ3n) is 4.52. The lowest BCUT2D eigenvalue weighted by Crippen LogP contribution is -2.31. The fourth-order valence-electron chi connectivity index (χ4n) is 3.23. The molecule has 1 saturated heterocycles. The summed E-state index contributed by atoms with van der Waals surface area (Å²) in [7, 11) is 1.60. The number of methoxy groups -OCH3 is 1. The summed E-state index contributed by atoms with van der Waals surface area (Å²) in [4.78, 5) is 27.0. The lowest BCUT2D eigenvalue weighted by atomic mass is 9.95. The van der Waals surface area contributed by atoms with Crippen LogP contribution in [0.3, 0.4) is 0 Å². The van der Waals surface area contributed by atoms with Gasteiger partial charge in [-0.3, -0.25) is 9.59 Å². The maximum absolute atomic E-state index is 12.8. The van der Waals surface area contributed by atoms with Gasteiger partial charge >= 0.3 is 0 Å². The Kier molecular flexibility index (Phi) is 6.28. The number of ketones is 1. The molecule has 1 amide bonds. The molecular weight excluding hydrogens is 457 g/mol. The van der Waals surface area contributed by atoms with Gasteiger partial charge < -0.3 is 14.7 Å². The van der Waals surface area contributed by atoms with E-state index < -0.39 is 17.7 Å². The van der Waals surface area contributed by atoms with Gasteiger partial charge in [0.25, 0.3) is 11.7 Å². The molecule has 0 aromatic heterocycles. The number of ether oxygens (including phenoxy) is 1. The van der Waals surface area contributed by atoms with Crippen LogP contribution >= 0.6 is 22.6 Å². The van der Waals surface area contributed by atoms with Crippen molar-refractivity contribution in [3.63, 3.8) is 0 Å². The lowest BCUT2D eigenvalue weighted by molar-refractivity contribution is -0.140. The van der Waals surface area contributed by atoms with Gasteiger partial charge in [0.15, 0.2) is 0 Å². The fraction of sp³-hybridized carbons (Fsp3) is 0.238. The van der Waals surface area contributed by atoms with Crippen molar-refractivity contribution < 1.29 is 19.4 Å². The van der Waals surface area contributed by atoms with E-state index in [2.05, 4.69) is 22.6 Å². The van der Waals surface area contributed by atoms with Crippen LogP contribution in [0.1, 0.15) is 23.6 Å². The highest BCUT2D eigenvalue weighted by Gasteiger charge is 2.45. The topological polar surface area (TPSA) is 66.8 Å². The molecule has 1 aliphatic rings. The standard InChI is InChI=1S/C21H20INO4/c1-27-13-5-12-23-18(14-8-10-16(22)11-9-14)17(20(25)21(23)26)19(24)15-6-3-2-4-7-15/h2-4,6-11,18,24H,5,12-13H2,1H3/b19-17+. The van der Waals surface area contributed by atoms with E-state index in [4.69, 9.17) is 4.74 Å². The number of hydrogen-bond donors (Lipinski definition) is 1. The van der Waals surface area contributed by atoms with E-state index in [9.17, 15) is 14.7 Å². The number of carbonyl (C=O) groups is 2. The summed E-state index contributed by atoms with van der Waals surface area (Å²) in [6.45, 7) is 0.863. The number of halogens is 1. The Bertz CT molecular complexity index is 862. The van der Waals surface area contributed by atoms with Crippen LogP contribution in [-0.2, 0) is 14.3 Å². The number of Topliss-reactive ketones (excluding diaryl/α,β-unsaturated/α-hetero) is 1. The zero-order valence-corrected chi connectivity index (χ0v) is 17.0. The molecule has 1 heterocycles. The van der Waals surface area contributed by atoms with E-state index in [-0.39, 0.29) is 11.3 Å². The highest BCUT2D eigenvalue weighted by atomic mass is 127. The maximum Gasteiger partial charge on any atom is 0.295 e. The molecule has 3 rings (SSSR count). The summed E-state index contributed by atoms with van der Waals surface area (Å²) >= 11 is 2.20. The number of hydrogen-bond acceptors (Lipinski definition) is 4. The van der Waals surface area contributed by atoms with Crippen molar-refractivity contribution in [3.05, 3.63) is 74.9 Å². The van der Waals surface area contributed by atoms with Gasteiger partial charge in [-0.15, -0.1) is 0 Å². The maximum atomic E-state index is 12.8. The number of likely N-dealkylation sites (tertiary alicyclic amines) is 1. The van der Waals surface area contributed by atoms with Gasteiger partial charge in [0.05, 0.1) is 11.6 Å². The molecule has 0 bridgehead atoms. The summed E-state index contributed by atoms with van der Waals surface area (Å²) in [5.74, 6) is -1.39. The second-order valence-electron chi connectivity index (χ2n) is 6.26. The highest BCUT2D eigenvalue weighted by Crippen LogP contribution is 2.39. The van der Waals surface area contributed by atoms with E-state index in [1.165, 1.54) is 4.90 Å². The predicted octanol–water partition coefficient (Wildman–Crippen LogP) is 3.75. The van der Waals surface area contributed by atoms with Crippen LogP contribution in [0.5, 0.6) is 0 Å². The summed E-state index contributed by atoms with van der Waals surface area (Å²) in [6.07, 6.45) is 0.607. The van der Waals surface area contributed by atoms with Crippen LogP contribution in [0.2, 0.25) is 0 Å². The predicted molar refractivity (Wildman–Crippen MR) is 111 cm³/mol. The van der Waals surface area contributed by atoms with Crippen molar-refractivity contribution in [2.24, 2.45) is 0 Å². The van der Waals surface area contributed by atoms with E-state index in [1.54, 1.807) is 31.4 Å². The second kappa shape index (κ2) is 8.67. The zero-order chi connectivity index (χ0) is 19.4. The first-order valence-electron chi connectivity index (χ1n) is 8.63. The monoisotopic (exact) mass is 477 g/mol. The average Bonchev–Trinajstić information content (AvgIpc) is 2.94. The molecule has 6 heteroatoms. The Morgan fingerprint density at radius 2 is 1.78 bits per heavy atom. The van der Waals surface area contributed by atoms with E-state index in [0.717, 1.165) is 9.13 Å². The third-order valence-corrected chi connectivity index (χ3v) is 5.24. The van der Waals surface area contributed by atoms with Crippen molar-refractivity contribution in [1.29, 1.82) is 0 Å². The number of nitrogens with zero attached hydrogens (tertiary/aromatic N) is 1. The van der Waals surface area contributed by atoms with Crippen LogP contribution in [0, 0.1) is 3.57 Å². The number of amides is 1. The van der Waals surface area contributed by atoms with E-state index in [0.29, 0.717) is 25.1 Å². The lowest BCUT2D eigenvalue weighted by Gasteiger charge is -2.25. The average molecular weight is 477 g/mol. The Morgan fingerprint density at radius 1 is 1.11 bits per heavy atom. The van der Waals surface area contributed by atoms with Gasteiger partial charge in [0.1, 0.15) is 5.76 Å². The quantitative estimate of drug-likeness (QED) is 0.226. The van der Waals surface area contributed by atoms with Crippen LogP contribution in [0.25, 0.3) is 5.76 Å². The minimum atomic E-state index is -0.655. The smallest absolute Gasteiger partial charge is 0.295 e. The minimum Gasteiger partial charge on any atom is -0.507 e. The molecule has 2 aromatic rings. The molecule has 1 N–H and O–H groups in total. The minimum absolute atomic E-state index is 0.129. The molecule has 0 aliphatic carbocycles. The van der Waals surface area contributed by atoms with E-state index in [1.807, 2.05) is 30.3 Å². The van der Waals surface area contributed by atoms with Crippen molar-refractivity contribution in [1.82, 2.24) is 4.90 Å². The summed E-state index contributed by atoms with van der Waals surface area (Å²) in [5, 5.41) is 10.8. The van der Waals surface area contributed by atoms with Crippen molar-refractivity contribution in [2.45, 2.75) is 12.5 Å². The first kappa shape index (κ1) is 19.6. The van der Waals surface area contributed by atoms with Crippen LogP contribution in [0.15, 0.2) is 60.2 Å². The van der Waals surface area contributed by atoms with Gasteiger partial charge in [-0.25, -0.2) is 0 Å². The Hall–Kier alpha value is -2.19. The molecule has 0 saturated carbocycles. The van der Waals surface area contributed by atoms with Crippen molar-refractivity contribution in [3.8, 4) is 0 Å². The third kappa shape index (κ3) is 4.06. The Labute approximate surface area is 171 Å². The molecule has 1 unspecified atom stereocenters. The largest absolute Gasteiger partial charge is 0.507 e. The van der Waals surface area contributed by atoms with Crippen LogP contribution in [-0.4, -0.2) is 42.0 Å². The zero-order valence-electron chi connectivity index (χ0n) is 14.9. The molecule has 0 radical (unpaired) electrons. The van der Waals surface area contributed by atoms with Gasteiger partial charge in [0, 0.05) is 29.4 Å². The number of benzene rings is 2. The molecular formula is C21H20INO4. The summed E-state index contributed by atoms with van der Waals surface area (Å²) in [6, 6.07) is 15.8. The number of aliphatic hydroxyl groups excluding tert-OH is 1. The molecule has 1 aliphatic heterocycles. The Balaban J connectivity index is 2.10. The van der Waals surface area contributed by atoms with Gasteiger partial charge in [-0.05, 0) is 46.7 Å². The van der Waals surface area contributed by atoms with Gasteiger partial charge in [0.2, 0.25) is 0 Å². The molecule has 1 atom stereocenters. The van der Waals surface area contributed by atoms with Crippen LogP contribution in [0.4, 0.5) is 0 Å². The molecule has 0 spiro atoms. The molecule has 27 heavy (non-hydrogen) atoms. The Morgan fingerprint density at radius 3 is 2.41 bits per heavy atom. The SMILES string of the molecule is COCCCN1C(=O)C(=O)/C(=C(/O)c2ccccc2)C1c1ccc(I)cc1. The first-order chi connectivity index (χ1) is 13.0. The second-order valence-corrected chi connectivity index (χ2v) is 7.50. The molecule has 2 aromatic carbocycles. The highest BCUT2D eigenvalue weighted by molar-refractivity contribution is 14.1. The molecule has 5 nitrogen and oxygen atoms in total. The van der Waals surface area contributed by atoms with Crippen molar-refractivity contribution >= 4 is 40.0 Å². The molecule has 1 fully saturated rings. The van der Waals surface area contributed by atoms with E-state index >= 15 is 0 Å². The van der Waals surface area contributed by atoms with Gasteiger partial charge in [-0.2, -0.15) is 0 Å². The number of rotatable bonds is 6. The fourth-order valence-corrected chi connectivity index (χ4v) is 3.59. The number of aliphatic hydroxyl groups is 1. The first-order valence-corrected chi connectivity index (χ1v) is 9.70. The molecule has 140 valence electrons. The summed E-state index contributed by atoms with van der Waals surface area (Å²) in [5.41, 5.74) is 1.44. The number of carbonyl (C=O) groups excluding carboxylic acids is 2. The van der Waals surface area contributed by atoms with Crippen LogP contribution < -0.4 is 0 Å². The normalized spacial score (nSPS) is 18.9. The summed E-state index contributed by atoms with van der Waals surface area (Å²) < 4.78 is 6.13. The van der Waals surface area contributed by atoms with Gasteiger partial charge in [-0.1, -0.05) is 42.5 Å².